The molecule has 0 saturated carbocycles. The first-order valence-electron chi connectivity index (χ1n) is 22.1. The summed E-state index contributed by atoms with van der Waals surface area (Å²) in [6.07, 6.45) is 50.0. The summed E-state index contributed by atoms with van der Waals surface area (Å²) in [7, 11) is 0. The van der Waals surface area contributed by atoms with Gasteiger partial charge >= 0.3 is 0 Å². The SMILES string of the molecule is CCCCCCCCCCCCCCCCCCOCCCCOCCCCOCCCCCCCCCCCCCCCCCC. The Balaban J connectivity index is 3.03. The molecule has 0 aliphatic heterocycles. The first-order valence-corrected chi connectivity index (χ1v) is 22.1. The van der Waals surface area contributed by atoms with E-state index in [2.05, 4.69) is 13.8 Å². The molecule has 0 aliphatic rings. The van der Waals surface area contributed by atoms with Crippen molar-refractivity contribution in [2.45, 2.75) is 245 Å². The van der Waals surface area contributed by atoms with Gasteiger partial charge in [0.05, 0.1) is 0 Å². The molecule has 284 valence electrons. The van der Waals surface area contributed by atoms with Crippen molar-refractivity contribution in [1.82, 2.24) is 0 Å². The molecule has 0 aromatic carbocycles. The van der Waals surface area contributed by atoms with Crippen LogP contribution in [-0.4, -0.2) is 39.6 Å². The maximum atomic E-state index is 5.84. The largest absolute Gasteiger partial charge is 0.381 e. The molecule has 47 heavy (non-hydrogen) atoms. The summed E-state index contributed by atoms with van der Waals surface area (Å²) in [4.78, 5) is 0. The topological polar surface area (TPSA) is 27.7 Å². The molecule has 0 aromatic rings. The lowest BCUT2D eigenvalue weighted by Gasteiger charge is -2.07. The van der Waals surface area contributed by atoms with Gasteiger partial charge in [0, 0.05) is 39.6 Å². The Morgan fingerprint density at radius 1 is 0.170 bits per heavy atom. The van der Waals surface area contributed by atoms with Crippen molar-refractivity contribution >= 4 is 0 Å². The Morgan fingerprint density at radius 2 is 0.298 bits per heavy atom. The summed E-state index contributed by atoms with van der Waals surface area (Å²) >= 11 is 0. The van der Waals surface area contributed by atoms with Gasteiger partial charge in [-0.15, -0.1) is 0 Å². The molecule has 0 radical (unpaired) electrons. The molecule has 0 N–H and O–H groups in total. The van der Waals surface area contributed by atoms with Crippen molar-refractivity contribution < 1.29 is 14.2 Å². The smallest absolute Gasteiger partial charge is 0.0466 e. The molecule has 0 heterocycles. The molecule has 0 unspecified atom stereocenters. The summed E-state index contributed by atoms with van der Waals surface area (Å²) in [5.41, 5.74) is 0. The highest BCUT2D eigenvalue weighted by Gasteiger charge is 1.98. The molecule has 3 heteroatoms. The zero-order valence-electron chi connectivity index (χ0n) is 32.9. The lowest BCUT2D eigenvalue weighted by molar-refractivity contribution is 0.0890. The molecular weight excluding hydrogens is 576 g/mol. The van der Waals surface area contributed by atoms with Gasteiger partial charge in [-0.05, 0) is 38.5 Å². The van der Waals surface area contributed by atoms with E-state index in [1.165, 1.54) is 205 Å². The van der Waals surface area contributed by atoms with Crippen molar-refractivity contribution in [1.29, 1.82) is 0 Å². The predicted octanol–water partition coefficient (Wildman–Crippen LogP) is 15.1. The minimum atomic E-state index is 0.877. The molecule has 3 nitrogen and oxygen atoms in total. The van der Waals surface area contributed by atoms with Gasteiger partial charge in [-0.3, -0.25) is 0 Å². The molecule has 0 spiro atoms. The minimum Gasteiger partial charge on any atom is -0.381 e. The van der Waals surface area contributed by atoms with Gasteiger partial charge in [-0.1, -0.05) is 206 Å². The van der Waals surface area contributed by atoms with Crippen LogP contribution in [0.1, 0.15) is 245 Å². The lowest BCUT2D eigenvalue weighted by atomic mass is 10.0. The van der Waals surface area contributed by atoms with E-state index in [-0.39, 0.29) is 0 Å². The van der Waals surface area contributed by atoms with Gasteiger partial charge in [0.25, 0.3) is 0 Å². The maximum Gasteiger partial charge on any atom is 0.0466 e. The van der Waals surface area contributed by atoms with Crippen molar-refractivity contribution in [3.63, 3.8) is 0 Å². The highest BCUT2D eigenvalue weighted by atomic mass is 16.5. The van der Waals surface area contributed by atoms with Crippen molar-refractivity contribution in [2.24, 2.45) is 0 Å². The van der Waals surface area contributed by atoms with Gasteiger partial charge in [-0.25, -0.2) is 0 Å². The average molecular weight is 667 g/mol. The number of rotatable bonds is 44. The Kier molecular flexibility index (Phi) is 45.8. The zero-order valence-corrected chi connectivity index (χ0v) is 32.9. The lowest BCUT2D eigenvalue weighted by Crippen LogP contribution is -2.03. The maximum absolute atomic E-state index is 5.84. The number of unbranched alkanes of at least 4 members (excludes halogenated alkanes) is 32. The van der Waals surface area contributed by atoms with E-state index in [0.717, 1.165) is 65.3 Å². The number of hydrogen-bond acceptors (Lipinski definition) is 3. The Bertz CT molecular complexity index is 466. The third-order valence-electron chi connectivity index (χ3n) is 9.94. The second-order valence-corrected chi connectivity index (χ2v) is 14.9. The van der Waals surface area contributed by atoms with E-state index in [9.17, 15) is 0 Å². The van der Waals surface area contributed by atoms with Crippen molar-refractivity contribution in [3.8, 4) is 0 Å². The summed E-state index contributed by atoms with van der Waals surface area (Å²) in [5.74, 6) is 0. The van der Waals surface area contributed by atoms with Gasteiger partial charge in [0.1, 0.15) is 0 Å². The zero-order chi connectivity index (χ0) is 33.8. The molecule has 0 rings (SSSR count). The van der Waals surface area contributed by atoms with E-state index >= 15 is 0 Å². The van der Waals surface area contributed by atoms with Crippen LogP contribution in [0, 0.1) is 0 Å². The fourth-order valence-electron chi connectivity index (χ4n) is 6.63. The molecule has 0 aliphatic carbocycles. The molecule has 0 aromatic heterocycles. The second-order valence-electron chi connectivity index (χ2n) is 14.9. The van der Waals surface area contributed by atoms with Crippen LogP contribution in [-0.2, 0) is 14.2 Å². The average Bonchev–Trinajstić information content (AvgIpc) is 3.08. The Hall–Kier alpha value is -0.120. The molecule has 0 bridgehead atoms. The summed E-state index contributed by atoms with van der Waals surface area (Å²) in [6.45, 7) is 10.0. The summed E-state index contributed by atoms with van der Waals surface area (Å²) in [6, 6.07) is 0. The van der Waals surface area contributed by atoms with E-state index in [1.807, 2.05) is 0 Å². The molecule has 0 amide bonds. The summed E-state index contributed by atoms with van der Waals surface area (Å²) < 4.78 is 17.5. The quantitative estimate of drug-likeness (QED) is 0.0606. The Morgan fingerprint density at radius 3 is 0.468 bits per heavy atom. The van der Waals surface area contributed by atoms with Crippen LogP contribution < -0.4 is 0 Å². The van der Waals surface area contributed by atoms with Crippen LogP contribution in [0.5, 0.6) is 0 Å². The van der Waals surface area contributed by atoms with Crippen LogP contribution >= 0.6 is 0 Å². The van der Waals surface area contributed by atoms with E-state index < -0.39 is 0 Å². The second kappa shape index (κ2) is 45.9. The predicted molar refractivity (Wildman–Crippen MR) is 210 cm³/mol. The van der Waals surface area contributed by atoms with Crippen LogP contribution in [0.2, 0.25) is 0 Å². The monoisotopic (exact) mass is 667 g/mol. The van der Waals surface area contributed by atoms with Crippen LogP contribution in [0.25, 0.3) is 0 Å². The third kappa shape index (κ3) is 45.9. The minimum absolute atomic E-state index is 0.877. The van der Waals surface area contributed by atoms with Gasteiger partial charge < -0.3 is 14.2 Å². The molecular formula is C44H90O3. The molecule has 0 atom stereocenters. The molecule has 0 fully saturated rings. The van der Waals surface area contributed by atoms with E-state index in [1.54, 1.807) is 0 Å². The fourth-order valence-corrected chi connectivity index (χ4v) is 6.63. The van der Waals surface area contributed by atoms with Crippen LogP contribution in [0.3, 0.4) is 0 Å². The van der Waals surface area contributed by atoms with Gasteiger partial charge in [0.15, 0.2) is 0 Å². The third-order valence-corrected chi connectivity index (χ3v) is 9.94. The van der Waals surface area contributed by atoms with Crippen molar-refractivity contribution in [3.05, 3.63) is 0 Å². The summed E-state index contributed by atoms with van der Waals surface area (Å²) in [5, 5.41) is 0. The van der Waals surface area contributed by atoms with Gasteiger partial charge in [-0.2, -0.15) is 0 Å². The highest BCUT2D eigenvalue weighted by Crippen LogP contribution is 2.15. The fraction of sp³-hybridized carbons (Fsp3) is 1.00. The van der Waals surface area contributed by atoms with Crippen LogP contribution in [0.15, 0.2) is 0 Å². The van der Waals surface area contributed by atoms with Gasteiger partial charge in [0.2, 0.25) is 0 Å². The number of ether oxygens (including phenoxy) is 3. The van der Waals surface area contributed by atoms with E-state index in [0.29, 0.717) is 0 Å². The van der Waals surface area contributed by atoms with Crippen molar-refractivity contribution in [2.75, 3.05) is 39.6 Å². The molecule has 0 saturated heterocycles. The first kappa shape index (κ1) is 46.9. The van der Waals surface area contributed by atoms with E-state index in [4.69, 9.17) is 14.2 Å². The van der Waals surface area contributed by atoms with Crippen LogP contribution in [0.4, 0.5) is 0 Å². The first-order chi connectivity index (χ1) is 23.4. The number of hydrogen-bond donors (Lipinski definition) is 0. The normalized spacial score (nSPS) is 11.6. The standard InChI is InChI=1S/C44H90O3/c1-3-5-7-9-11-13-15-17-19-21-23-25-27-29-31-33-39-45-41-35-37-43-47-44-38-36-42-46-40-34-32-30-28-26-24-22-20-18-16-14-12-10-8-6-4-2/h3-44H2,1-2H3. The Labute approximate surface area is 298 Å². The highest BCUT2D eigenvalue weighted by molar-refractivity contribution is 4.52.